The average molecular weight is 408 g/mol. The van der Waals surface area contributed by atoms with Crippen molar-refractivity contribution in [1.82, 2.24) is 9.97 Å². The highest BCUT2D eigenvalue weighted by atomic mass is 32.2. The number of anilines is 1. The number of H-pyrrole nitrogens is 1. The van der Waals surface area contributed by atoms with Gasteiger partial charge in [-0.15, -0.1) is 0 Å². The lowest BCUT2D eigenvalue weighted by molar-refractivity contribution is -0.115. The van der Waals surface area contributed by atoms with E-state index < -0.39 is 0 Å². The summed E-state index contributed by atoms with van der Waals surface area (Å²) < 4.78 is 10.5. The van der Waals surface area contributed by atoms with Crippen LogP contribution in [0.5, 0.6) is 11.5 Å². The lowest BCUT2D eigenvalue weighted by Crippen LogP contribution is -2.25. The highest BCUT2D eigenvalue weighted by Crippen LogP contribution is 2.31. The summed E-state index contributed by atoms with van der Waals surface area (Å²) in [5.74, 6) is 2.40. The standard InChI is InChI=1S/C18H21N3O4S2/c1-4-15(27-18-20-12-9-26-8-11(12)16(22)21-18)17(23)19-10-5-6-13(24-2)14(7-10)25-3/h5-7,15H,4,8-9H2,1-3H3,(H,19,23)(H,20,21,22). The Morgan fingerprint density at radius 1 is 1.33 bits per heavy atom. The number of hydrogen-bond donors (Lipinski definition) is 2. The monoisotopic (exact) mass is 407 g/mol. The van der Waals surface area contributed by atoms with E-state index >= 15 is 0 Å². The molecule has 1 aliphatic rings. The third-order valence-corrected chi connectivity index (χ3v) is 6.35. The van der Waals surface area contributed by atoms with Crippen LogP contribution in [0.25, 0.3) is 0 Å². The van der Waals surface area contributed by atoms with Crippen LogP contribution in [0.4, 0.5) is 5.69 Å². The lowest BCUT2D eigenvalue weighted by Gasteiger charge is -2.15. The number of carbonyl (C=O) groups is 1. The molecule has 0 spiro atoms. The Kier molecular flexibility index (Phi) is 6.33. The maximum Gasteiger partial charge on any atom is 0.255 e. The normalized spacial score (nSPS) is 13.7. The first-order chi connectivity index (χ1) is 13.0. The van der Waals surface area contributed by atoms with Crippen LogP contribution in [0.3, 0.4) is 0 Å². The van der Waals surface area contributed by atoms with Crippen molar-refractivity contribution in [1.29, 1.82) is 0 Å². The van der Waals surface area contributed by atoms with Gasteiger partial charge in [0.15, 0.2) is 16.7 Å². The van der Waals surface area contributed by atoms with Gasteiger partial charge < -0.3 is 19.8 Å². The Morgan fingerprint density at radius 2 is 2.11 bits per heavy atom. The highest BCUT2D eigenvalue weighted by molar-refractivity contribution is 8.00. The molecule has 1 aliphatic heterocycles. The molecule has 0 bridgehead atoms. The van der Waals surface area contributed by atoms with Crippen LogP contribution in [0, 0.1) is 0 Å². The van der Waals surface area contributed by atoms with E-state index in [1.807, 2.05) is 6.92 Å². The van der Waals surface area contributed by atoms with Gasteiger partial charge in [-0.3, -0.25) is 9.59 Å². The first-order valence-corrected chi connectivity index (χ1v) is 10.5. The van der Waals surface area contributed by atoms with Gasteiger partial charge in [0.05, 0.1) is 25.2 Å². The molecule has 0 saturated heterocycles. The van der Waals surface area contributed by atoms with Gasteiger partial charge in [-0.1, -0.05) is 18.7 Å². The number of ether oxygens (including phenoxy) is 2. The van der Waals surface area contributed by atoms with Crippen LogP contribution >= 0.6 is 23.5 Å². The van der Waals surface area contributed by atoms with E-state index in [4.69, 9.17) is 9.47 Å². The molecule has 1 atom stereocenters. The van der Waals surface area contributed by atoms with Crippen molar-refractivity contribution in [3.05, 3.63) is 39.8 Å². The zero-order valence-electron chi connectivity index (χ0n) is 15.3. The van der Waals surface area contributed by atoms with E-state index in [1.165, 1.54) is 11.8 Å². The number of rotatable bonds is 7. The molecular weight excluding hydrogens is 386 g/mol. The quantitative estimate of drug-likeness (QED) is 0.538. The summed E-state index contributed by atoms with van der Waals surface area (Å²) in [4.78, 5) is 32.1. The molecule has 7 nitrogen and oxygen atoms in total. The summed E-state index contributed by atoms with van der Waals surface area (Å²) in [5.41, 5.74) is 2.07. The molecule has 2 heterocycles. The number of thioether (sulfide) groups is 2. The smallest absolute Gasteiger partial charge is 0.255 e. The fourth-order valence-corrected chi connectivity index (χ4v) is 4.64. The minimum Gasteiger partial charge on any atom is -0.493 e. The molecule has 144 valence electrons. The number of nitrogens with one attached hydrogen (secondary N) is 2. The van der Waals surface area contributed by atoms with Crippen LogP contribution < -0.4 is 20.3 Å². The molecule has 1 amide bonds. The molecule has 0 fully saturated rings. The van der Waals surface area contributed by atoms with Gasteiger partial charge in [-0.05, 0) is 18.6 Å². The largest absolute Gasteiger partial charge is 0.493 e. The van der Waals surface area contributed by atoms with E-state index in [-0.39, 0.29) is 16.7 Å². The van der Waals surface area contributed by atoms with Gasteiger partial charge >= 0.3 is 0 Å². The van der Waals surface area contributed by atoms with E-state index in [9.17, 15) is 9.59 Å². The number of amides is 1. The molecule has 0 aliphatic carbocycles. The van der Waals surface area contributed by atoms with Gasteiger partial charge in [-0.25, -0.2) is 4.98 Å². The van der Waals surface area contributed by atoms with Crippen LogP contribution in [-0.2, 0) is 16.3 Å². The molecule has 27 heavy (non-hydrogen) atoms. The predicted molar refractivity (Wildman–Crippen MR) is 108 cm³/mol. The number of nitrogens with zero attached hydrogens (tertiary/aromatic N) is 1. The first kappa shape index (κ1) is 19.6. The van der Waals surface area contributed by atoms with Crippen molar-refractivity contribution in [2.24, 2.45) is 0 Å². The fourth-order valence-electron chi connectivity index (χ4n) is 2.69. The second-order valence-electron chi connectivity index (χ2n) is 5.86. The van der Waals surface area contributed by atoms with Crippen molar-refractivity contribution >= 4 is 35.1 Å². The van der Waals surface area contributed by atoms with Gasteiger partial charge in [0, 0.05) is 28.8 Å². The number of fused-ring (bicyclic) bond motifs is 1. The van der Waals surface area contributed by atoms with Crippen LogP contribution in [0.15, 0.2) is 28.2 Å². The van der Waals surface area contributed by atoms with Crippen LogP contribution in [0.2, 0.25) is 0 Å². The molecule has 2 aromatic rings. The fraction of sp³-hybridized carbons (Fsp3) is 0.389. The summed E-state index contributed by atoms with van der Waals surface area (Å²) in [5, 5.41) is 2.99. The van der Waals surface area contributed by atoms with Gasteiger partial charge in [0.1, 0.15) is 0 Å². The summed E-state index contributed by atoms with van der Waals surface area (Å²) in [6.45, 7) is 1.92. The summed E-state index contributed by atoms with van der Waals surface area (Å²) in [7, 11) is 3.10. The first-order valence-electron chi connectivity index (χ1n) is 8.45. The average Bonchev–Trinajstić information content (AvgIpc) is 3.15. The number of aromatic amines is 1. The molecular formula is C18H21N3O4S2. The molecule has 9 heteroatoms. The third kappa shape index (κ3) is 4.41. The number of methoxy groups -OCH3 is 2. The topological polar surface area (TPSA) is 93.3 Å². The molecule has 2 N–H and O–H groups in total. The van der Waals surface area contributed by atoms with E-state index in [2.05, 4.69) is 15.3 Å². The molecule has 1 aromatic carbocycles. The van der Waals surface area contributed by atoms with Crippen LogP contribution in [0.1, 0.15) is 24.6 Å². The van der Waals surface area contributed by atoms with Crippen molar-refractivity contribution in [2.75, 3.05) is 19.5 Å². The van der Waals surface area contributed by atoms with Crippen molar-refractivity contribution in [3.63, 3.8) is 0 Å². The Morgan fingerprint density at radius 3 is 2.81 bits per heavy atom. The molecule has 0 saturated carbocycles. The SMILES string of the molecule is CCC(Sc1nc2c(c(=O)[nH]1)CSC2)C(=O)Nc1ccc(OC)c(OC)c1. The molecule has 1 unspecified atom stereocenters. The van der Waals surface area contributed by atoms with Gasteiger partial charge in [-0.2, -0.15) is 11.8 Å². The summed E-state index contributed by atoms with van der Waals surface area (Å²) >= 11 is 2.94. The summed E-state index contributed by atoms with van der Waals surface area (Å²) in [6.07, 6.45) is 0.597. The van der Waals surface area contributed by atoms with E-state index in [0.717, 1.165) is 17.0 Å². The van der Waals surface area contributed by atoms with Gasteiger partial charge in [0.25, 0.3) is 5.56 Å². The molecule has 0 radical (unpaired) electrons. The summed E-state index contributed by atoms with van der Waals surface area (Å²) in [6, 6.07) is 5.20. The molecule has 3 rings (SSSR count). The minimum atomic E-state index is -0.381. The maximum absolute atomic E-state index is 12.7. The number of hydrogen-bond acceptors (Lipinski definition) is 7. The van der Waals surface area contributed by atoms with Crippen LogP contribution in [-0.4, -0.2) is 35.3 Å². The minimum absolute atomic E-state index is 0.109. The Labute approximate surface area is 165 Å². The predicted octanol–water partition coefficient (Wildman–Crippen LogP) is 3.04. The zero-order valence-corrected chi connectivity index (χ0v) is 17.0. The number of aromatic nitrogens is 2. The second-order valence-corrected chi connectivity index (χ2v) is 8.04. The number of benzene rings is 1. The van der Waals surface area contributed by atoms with E-state index in [0.29, 0.717) is 34.5 Å². The Hall–Kier alpha value is -2.13. The zero-order chi connectivity index (χ0) is 19.4. The van der Waals surface area contributed by atoms with Crippen molar-refractivity contribution < 1.29 is 14.3 Å². The van der Waals surface area contributed by atoms with Gasteiger partial charge in [0.2, 0.25) is 5.91 Å². The molecule has 1 aromatic heterocycles. The Balaban J connectivity index is 1.73. The van der Waals surface area contributed by atoms with E-state index in [1.54, 1.807) is 44.2 Å². The maximum atomic E-state index is 12.7. The number of carbonyl (C=O) groups excluding carboxylic acids is 1. The lowest BCUT2D eigenvalue weighted by atomic mass is 10.2. The van der Waals surface area contributed by atoms with Crippen molar-refractivity contribution in [2.45, 2.75) is 35.3 Å². The van der Waals surface area contributed by atoms with Crippen molar-refractivity contribution in [3.8, 4) is 11.5 Å². The highest BCUT2D eigenvalue weighted by Gasteiger charge is 2.23. The Bertz CT molecular complexity index is 901. The third-order valence-electron chi connectivity index (χ3n) is 4.13. The second kappa shape index (κ2) is 8.71.